The van der Waals surface area contributed by atoms with Crippen LogP contribution in [0.1, 0.15) is 5.56 Å². The molecule has 2 heteroatoms. The summed E-state index contributed by atoms with van der Waals surface area (Å²) < 4.78 is 0. The number of benzene rings is 2. The number of hydrogen-bond acceptors (Lipinski definition) is 2. The normalized spacial score (nSPS) is 10.1. The molecular weight excluding hydrogens is 196 g/mol. The van der Waals surface area contributed by atoms with Gasteiger partial charge in [-0.2, -0.15) is 0 Å². The molecule has 16 heavy (non-hydrogen) atoms. The summed E-state index contributed by atoms with van der Waals surface area (Å²) >= 11 is 0. The molecule has 0 saturated carbocycles. The summed E-state index contributed by atoms with van der Waals surface area (Å²) in [5.41, 5.74) is 3.54. The molecule has 0 heterocycles. The van der Waals surface area contributed by atoms with Crippen LogP contribution in [-0.4, -0.2) is 7.05 Å². The first kappa shape index (κ1) is 10.7. The molecule has 2 aromatic rings. The van der Waals surface area contributed by atoms with Crippen molar-refractivity contribution in [3.8, 4) is 0 Å². The highest BCUT2D eigenvalue weighted by Crippen LogP contribution is 2.20. The Hall–Kier alpha value is -1.80. The number of anilines is 2. The molecule has 0 aliphatic rings. The van der Waals surface area contributed by atoms with E-state index in [2.05, 4.69) is 41.0 Å². The number of rotatable bonds is 4. The highest BCUT2D eigenvalue weighted by atomic mass is 14.9. The van der Waals surface area contributed by atoms with E-state index < -0.39 is 0 Å². The van der Waals surface area contributed by atoms with E-state index in [-0.39, 0.29) is 0 Å². The van der Waals surface area contributed by atoms with E-state index in [1.165, 1.54) is 5.56 Å². The van der Waals surface area contributed by atoms with Gasteiger partial charge >= 0.3 is 0 Å². The van der Waals surface area contributed by atoms with Crippen LogP contribution >= 0.6 is 0 Å². The molecule has 0 aliphatic carbocycles. The van der Waals surface area contributed by atoms with Crippen LogP contribution in [0.25, 0.3) is 0 Å². The maximum Gasteiger partial charge on any atom is 0.0429 e. The molecule has 2 nitrogen and oxygen atoms in total. The number of hydrogen-bond donors (Lipinski definition) is 2. The zero-order valence-electron chi connectivity index (χ0n) is 9.40. The maximum absolute atomic E-state index is 3.42. The zero-order chi connectivity index (χ0) is 11.2. The van der Waals surface area contributed by atoms with Gasteiger partial charge in [0, 0.05) is 17.9 Å². The zero-order valence-corrected chi connectivity index (χ0v) is 9.40. The largest absolute Gasteiger partial charge is 0.355 e. The molecule has 82 valence electrons. The van der Waals surface area contributed by atoms with Gasteiger partial charge in [-0.3, -0.25) is 0 Å². The fraction of sp³-hybridized carbons (Fsp3) is 0.143. The number of para-hydroxylation sites is 2. The average molecular weight is 212 g/mol. The Morgan fingerprint density at radius 1 is 0.875 bits per heavy atom. The van der Waals surface area contributed by atoms with E-state index in [0.717, 1.165) is 17.9 Å². The first-order valence-electron chi connectivity index (χ1n) is 5.45. The van der Waals surface area contributed by atoms with Crippen molar-refractivity contribution in [2.45, 2.75) is 6.54 Å². The Morgan fingerprint density at radius 2 is 1.56 bits per heavy atom. The van der Waals surface area contributed by atoms with E-state index in [4.69, 9.17) is 0 Å². The van der Waals surface area contributed by atoms with E-state index in [0.29, 0.717) is 0 Å². The summed E-state index contributed by atoms with van der Waals surface area (Å²) in [6.45, 7) is 0.871. The minimum Gasteiger partial charge on any atom is -0.355 e. The highest BCUT2D eigenvalue weighted by Gasteiger charge is 2.00. The summed E-state index contributed by atoms with van der Waals surface area (Å²) in [5.74, 6) is 0. The van der Waals surface area contributed by atoms with Gasteiger partial charge in [0.2, 0.25) is 0 Å². The lowest BCUT2D eigenvalue weighted by molar-refractivity contribution is 0.819. The van der Waals surface area contributed by atoms with Crippen LogP contribution in [0.2, 0.25) is 0 Å². The lowest BCUT2D eigenvalue weighted by Crippen LogP contribution is -2.07. The van der Waals surface area contributed by atoms with Crippen LogP contribution in [0, 0.1) is 0 Å². The van der Waals surface area contributed by atoms with Gasteiger partial charge in [-0.15, -0.1) is 0 Å². The first-order valence-corrected chi connectivity index (χ1v) is 5.45. The highest BCUT2D eigenvalue weighted by molar-refractivity contribution is 5.62. The van der Waals surface area contributed by atoms with Gasteiger partial charge in [0.25, 0.3) is 0 Å². The van der Waals surface area contributed by atoms with E-state index >= 15 is 0 Å². The van der Waals surface area contributed by atoms with Crippen LogP contribution in [0.4, 0.5) is 11.4 Å². The molecule has 0 aliphatic heterocycles. The molecule has 0 atom stereocenters. The smallest absolute Gasteiger partial charge is 0.0429 e. The summed E-state index contributed by atoms with van der Waals surface area (Å²) in [4.78, 5) is 0. The third-order valence-corrected chi connectivity index (χ3v) is 2.44. The van der Waals surface area contributed by atoms with Gasteiger partial charge in [-0.05, 0) is 30.8 Å². The maximum atomic E-state index is 3.42. The summed E-state index contributed by atoms with van der Waals surface area (Å²) in [7, 11) is 1.96. The Bertz CT molecular complexity index is 437. The molecule has 0 unspecified atom stereocenters. The average Bonchev–Trinajstić information content (AvgIpc) is 2.33. The fourth-order valence-corrected chi connectivity index (χ4v) is 1.66. The lowest BCUT2D eigenvalue weighted by Gasteiger charge is -2.11. The van der Waals surface area contributed by atoms with E-state index in [1.54, 1.807) is 0 Å². The van der Waals surface area contributed by atoms with Crippen LogP contribution < -0.4 is 10.6 Å². The molecule has 0 spiro atoms. The molecule has 0 radical (unpaired) electrons. The van der Waals surface area contributed by atoms with Crippen molar-refractivity contribution in [1.29, 1.82) is 0 Å². The van der Waals surface area contributed by atoms with Crippen molar-refractivity contribution in [2.24, 2.45) is 0 Å². The van der Waals surface area contributed by atoms with Crippen molar-refractivity contribution >= 4 is 11.4 Å². The van der Waals surface area contributed by atoms with Crippen molar-refractivity contribution in [3.05, 3.63) is 60.2 Å². The van der Waals surface area contributed by atoms with Crippen molar-refractivity contribution in [3.63, 3.8) is 0 Å². The van der Waals surface area contributed by atoms with Crippen LogP contribution in [-0.2, 0) is 6.54 Å². The van der Waals surface area contributed by atoms with Gasteiger partial charge in [-0.25, -0.2) is 0 Å². The van der Waals surface area contributed by atoms with Crippen LogP contribution in [0.15, 0.2) is 54.6 Å². The number of nitrogens with one attached hydrogen (secondary N) is 2. The van der Waals surface area contributed by atoms with Crippen molar-refractivity contribution < 1.29 is 0 Å². The molecule has 0 fully saturated rings. The van der Waals surface area contributed by atoms with Gasteiger partial charge in [-0.1, -0.05) is 36.4 Å². The van der Waals surface area contributed by atoms with Gasteiger partial charge in [0.1, 0.15) is 0 Å². The Balaban J connectivity index is 2.21. The predicted octanol–water partition coefficient (Wildman–Crippen LogP) is 3.15. The molecular formula is C14H16N2. The monoisotopic (exact) mass is 212 g/mol. The summed E-state index contributed by atoms with van der Waals surface area (Å²) in [6.07, 6.45) is 0. The quantitative estimate of drug-likeness (QED) is 0.813. The Kier molecular flexibility index (Phi) is 3.57. The topological polar surface area (TPSA) is 24.1 Å². The fourth-order valence-electron chi connectivity index (χ4n) is 1.66. The summed E-state index contributed by atoms with van der Waals surface area (Å²) in [5, 5.41) is 6.59. The second-order valence-electron chi connectivity index (χ2n) is 3.68. The predicted molar refractivity (Wildman–Crippen MR) is 68.9 cm³/mol. The van der Waals surface area contributed by atoms with Gasteiger partial charge in [0.05, 0.1) is 0 Å². The second kappa shape index (κ2) is 5.33. The lowest BCUT2D eigenvalue weighted by atomic mass is 10.1. The molecule has 2 aromatic carbocycles. The third-order valence-electron chi connectivity index (χ3n) is 2.44. The van der Waals surface area contributed by atoms with Gasteiger partial charge in [0.15, 0.2) is 0 Å². The second-order valence-corrected chi connectivity index (χ2v) is 3.68. The first-order chi connectivity index (χ1) is 7.90. The molecule has 0 amide bonds. The van der Waals surface area contributed by atoms with E-state index in [1.807, 2.05) is 31.3 Å². The minimum absolute atomic E-state index is 0.871. The molecule has 2 N–H and O–H groups in total. The minimum atomic E-state index is 0.871. The van der Waals surface area contributed by atoms with Crippen LogP contribution in [0.5, 0.6) is 0 Å². The standard InChI is InChI=1S/C14H16N2/c1-15-11-12-7-5-6-10-14(12)16-13-8-3-2-4-9-13/h2-10,15-16H,11H2,1H3. The summed E-state index contributed by atoms with van der Waals surface area (Å²) in [6, 6.07) is 18.5. The van der Waals surface area contributed by atoms with Crippen molar-refractivity contribution in [2.75, 3.05) is 12.4 Å². The Morgan fingerprint density at radius 3 is 2.31 bits per heavy atom. The molecule has 0 bridgehead atoms. The molecule has 0 aromatic heterocycles. The SMILES string of the molecule is CNCc1ccccc1Nc1ccccc1. The van der Waals surface area contributed by atoms with Crippen molar-refractivity contribution in [1.82, 2.24) is 5.32 Å². The van der Waals surface area contributed by atoms with E-state index in [9.17, 15) is 0 Å². The van der Waals surface area contributed by atoms with Gasteiger partial charge < -0.3 is 10.6 Å². The Labute approximate surface area is 96.3 Å². The molecule has 2 rings (SSSR count). The third kappa shape index (κ3) is 2.61. The molecule has 0 saturated heterocycles. The van der Waals surface area contributed by atoms with Crippen LogP contribution in [0.3, 0.4) is 0 Å².